The highest BCUT2D eigenvalue weighted by Crippen LogP contribution is 2.27. The number of hydrogen-bond donors (Lipinski definition) is 2. The topological polar surface area (TPSA) is 69.6 Å². The minimum Gasteiger partial charge on any atom is -0.481 e. The summed E-state index contributed by atoms with van der Waals surface area (Å²) >= 11 is 0. The van der Waals surface area contributed by atoms with Crippen molar-refractivity contribution >= 4 is 12.0 Å². The number of nitrogens with one attached hydrogen (secondary N) is 1. The molecule has 2 aliphatic rings. The van der Waals surface area contributed by atoms with Crippen LogP contribution in [0.3, 0.4) is 0 Å². The third-order valence-corrected chi connectivity index (χ3v) is 3.47. The molecule has 6 heteroatoms. The number of carbonyl (C=O) groups excluding carboxylic acids is 1. The molecule has 1 atom stereocenters. The molecule has 1 unspecified atom stereocenters. The molecule has 2 N–H and O–H groups in total. The number of piperidine rings is 1. The molecular formula is C11H17FN2O3. The molecule has 0 aromatic carbocycles. The summed E-state index contributed by atoms with van der Waals surface area (Å²) in [6, 6.07) is -0.329. The van der Waals surface area contributed by atoms with Gasteiger partial charge in [0.1, 0.15) is 6.17 Å². The molecule has 1 aliphatic carbocycles. The second-order valence-corrected chi connectivity index (χ2v) is 4.84. The van der Waals surface area contributed by atoms with E-state index in [4.69, 9.17) is 5.11 Å². The Balaban J connectivity index is 1.73. The molecule has 2 amide bonds. The molecule has 5 nitrogen and oxygen atoms in total. The Morgan fingerprint density at radius 1 is 1.35 bits per heavy atom. The van der Waals surface area contributed by atoms with E-state index < -0.39 is 12.1 Å². The lowest BCUT2D eigenvalue weighted by atomic mass is 9.80. The van der Waals surface area contributed by atoms with Crippen molar-refractivity contribution in [2.75, 3.05) is 13.1 Å². The van der Waals surface area contributed by atoms with E-state index in [-0.39, 0.29) is 24.5 Å². The smallest absolute Gasteiger partial charge is 0.317 e. The van der Waals surface area contributed by atoms with Gasteiger partial charge in [-0.1, -0.05) is 0 Å². The Labute approximate surface area is 99.0 Å². The molecule has 1 saturated carbocycles. The maximum Gasteiger partial charge on any atom is 0.317 e. The Hall–Kier alpha value is -1.33. The summed E-state index contributed by atoms with van der Waals surface area (Å²) < 4.78 is 13.1. The normalized spacial score (nSPS) is 32.8. The summed E-state index contributed by atoms with van der Waals surface area (Å²) in [5.74, 6) is -1.15. The molecule has 0 bridgehead atoms. The van der Waals surface area contributed by atoms with Crippen molar-refractivity contribution < 1.29 is 19.1 Å². The zero-order valence-electron chi connectivity index (χ0n) is 9.56. The number of urea groups is 1. The lowest BCUT2D eigenvalue weighted by Crippen LogP contribution is -2.53. The molecule has 0 aromatic heterocycles. The van der Waals surface area contributed by atoms with Gasteiger partial charge in [0.25, 0.3) is 0 Å². The van der Waals surface area contributed by atoms with Crippen LogP contribution in [0.5, 0.6) is 0 Å². The van der Waals surface area contributed by atoms with Crippen LogP contribution in [0.1, 0.15) is 25.7 Å². The van der Waals surface area contributed by atoms with Gasteiger partial charge in [0.15, 0.2) is 0 Å². The molecule has 0 aromatic rings. The molecule has 1 saturated heterocycles. The zero-order chi connectivity index (χ0) is 12.4. The predicted molar refractivity (Wildman–Crippen MR) is 58.4 cm³/mol. The second kappa shape index (κ2) is 4.89. The summed E-state index contributed by atoms with van der Waals surface area (Å²) in [6.07, 6.45) is 1.25. The fourth-order valence-electron chi connectivity index (χ4n) is 2.31. The molecule has 2 fully saturated rings. The Kier molecular flexibility index (Phi) is 3.49. The van der Waals surface area contributed by atoms with Crippen molar-refractivity contribution in [3.8, 4) is 0 Å². The maximum absolute atomic E-state index is 13.1. The van der Waals surface area contributed by atoms with Gasteiger partial charge in [0.2, 0.25) is 0 Å². The number of likely N-dealkylation sites (tertiary alicyclic amines) is 1. The minimum absolute atomic E-state index is 0.0661. The number of carbonyl (C=O) groups is 2. The average molecular weight is 244 g/mol. The Morgan fingerprint density at radius 2 is 2.06 bits per heavy atom. The summed E-state index contributed by atoms with van der Waals surface area (Å²) in [4.78, 5) is 23.8. The van der Waals surface area contributed by atoms with Crippen LogP contribution in [0.2, 0.25) is 0 Å². The lowest BCUT2D eigenvalue weighted by Gasteiger charge is -2.36. The first kappa shape index (κ1) is 12.1. The first-order valence-electron chi connectivity index (χ1n) is 5.98. The van der Waals surface area contributed by atoms with Crippen LogP contribution in [0, 0.1) is 5.92 Å². The molecule has 0 spiro atoms. The van der Waals surface area contributed by atoms with Crippen LogP contribution in [-0.2, 0) is 4.79 Å². The first-order chi connectivity index (χ1) is 8.06. The molecule has 17 heavy (non-hydrogen) atoms. The number of carboxylic acid groups (broad SMARTS) is 1. The van der Waals surface area contributed by atoms with Crippen molar-refractivity contribution in [1.82, 2.24) is 10.2 Å². The van der Waals surface area contributed by atoms with Gasteiger partial charge in [-0.05, 0) is 25.7 Å². The van der Waals surface area contributed by atoms with Crippen LogP contribution < -0.4 is 5.32 Å². The number of amides is 2. The third kappa shape index (κ3) is 2.87. The maximum atomic E-state index is 13.1. The predicted octanol–water partition coefficient (Wildman–Crippen LogP) is 0.993. The van der Waals surface area contributed by atoms with E-state index in [1.807, 2.05) is 0 Å². The minimum atomic E-state index is -0.928. The Bertz CT molecular complexity index is 318. The highest BCUT2D eigenvalue weighted by Gasteiger charge is 2.36. The molecule has 96 valence electrons. The van der Waals surface area contributed by atoms with Crippen molar-refractivity contribution in [3.63, 3.8) is 0 Å². The molecule has 0 radical (unpaired) electrons. The van der Waals surface area contributed by atoms with Crippen LogP contribution in [0.25, 0.3) is 0 Å². The zero-order valence-corrected chi connectivity index (χ0v) is 9.56. The first-order valence-corrected chi connectivity index (χ1v) is 5.98. The van der Waals surface area contributed by atoms with Gasteiger partial charge >= 0.3 is 12.0 Å². The van der Waals surface area contributed by atoms with Gasteiger partial charge in [-0.15, -0.1) is 0 Å². The fraction of sp³-hybridized carbons (Fsp3) is 0.818. The van der Waals surface area contributed by atoms with Gasteiger partial charge in [0.05, 0.1) is 12.5 Å². The highest BCUT2D eigenvalue weighted by molar-refractivity contribution is 5.76. The quantitative estimate of drug-likeness (QED) is 0.761. The van der Waals surface area contributed by atoms with Crippen LogP contribution in [-0.4, -0.2) is 47.3 Å². The summed E-state index contributed by atoms with van der Waals surface area (Å²) in [5, 5.41) is 11.4. The Morgan fingerprint density at radius 3 is 2.65 bits per heavy atom. The fourth-order valence-corrected chi connectivity index (χ4v) is 2.31. The third-order valence-electron chi connectivity index (χ3n) is 3.47. The van der Waals surface area contributed by atoms with E-state index in [1.54, 1.807) is 0 Å². The summed E-state index contributed by atoms with van der Waals surface area (Å²) in [7, 11) is 0. The van der Waals surface area contributed by atoms with E-state index in [0.29, 0.717) is 32.2 Å². The van der Waals surface area contributed by atoms with Crippen LogP contribution >= 0.6 is 0 Å². The van der Waals surface area contributed by atoms with E-state index in [1.165, 1.54) is 4.90 Å². The number of nitrogens with zero attached hydrogens (tertiary/aromatic N) is 1. The van der Waals surface area contributed by atoms with Gasteiger partial charge in [-0.3, -0.25) is 4.79 Å². The van der Waals surface area contributed by atoms with Crippen molar-refractivity contribution in [2.45, 2.75) is 37.9 Å². The molecule has 1 aliphatic heterocycles. The number of halogens is 1. The molecule has 2 rings (SSSR count). The number of carboxylic acids is 1. The second-order valence-electron chi connectivity index (χ2n) is 4.84. The van der Waals surface area contributed by atoms with Crippen LogP contribution in [0.15, 0.2) is 0 Å². The van der Waals surface area contributed by atoms with Crippen LogP contribution in [0.4, 0.5) is 9.18 Å². The van der Waals surface area contributed by atoms with Gasteiger partial charge < -0.3 is 15.3 Å². The number of hydrogen-bond acceptors (Lipinski definition) is 2. The monoisotopic (exact) mass is 244 g/mol. The highest BCUT2D eigenvalue weighted by atomic mass is 19.1. The van der Waals surface area contributed by atoms with E-state index >= 15 is 0 Å². The number of aliphatic carboxylic acids is 1. The summed E-state index contributed by atoms with van der Waals surface area (Å²) in [6.45, 7) is 0.738. The van der Waals surface area contributed by atoms with E-state index in [0.717, 1.165) is 0 Å². The molecular weight excluding hydrogens is 227 g/mol. The van der Waals surface area contributed by atoms with Gasteiger partial charge in [0, 0.05) is 12.6 Å². The number of rotatable bonds is 2. The standard InChI is InChI=1S/C11H17FN2O3/c12-8-2-1-3-14(6-8)11(17)13-9-4-7(5-9)10(15)16/h7-9H,1-6H2,(H,13,17)(H,15,16). The van der Waals surface area contributed by atoms with E-state index in [2.05, 4.69) is 5.32 Å². The van der Waals surface area contributed by atoms with Crippen molar-refractivity contribution in [1.29, 1.82) is 0 Å². The van der Waals surface area contributed by atoms with Crippen molar-refractivity contribution in [2.24, 2.45) is 5.92 Å². The van der Waals surface area contributed by atoms with Crippen molar-refractivity contribution in [3.05, 3.63) is 0 Å². The van der Waals surface area contributed by atoms with E-state index in [9.17, 15) is 14.0 Å². The average Bonchev–Trinajstić information content (AvgIpc) is 2.21. The van der Waals surface area contributed by atoms with Gasteiger partial charge in [-0.2, -0.15) is 0 Å². The largest absolute Gasteiger partial charge is 0.481 e. The lowest BCUT2D eigenvalue weighted by molar-refractivity contribution is -0.145. The van der Waals surface area contributed by atoms with Gasteiger partial charge in [-0.25, -0.2) is 9.18 Å². The summed E-state index contributed by atoms with van der Waals surface area (Å²) in [5.41, 5.74) is 0. The number of alkyl halides is 1. The molecule has 1 heterocycles. The SMILES string of the molecule is O=C(O)C1CC(NC(=O)N2CCCC(F)C2)C1.